The van der Waals surface area contributed by atoms with Crippen LogP contribution in [0.1, 0.15) is 25.0 Å². The molecule has 2 atom stereocenters. The van der Waals surface area contributed by atoms with E-state index in [1.165, 1.54) is 12.8 Å². The number of hydrogen-bond donors (Lipinski definition) is 1. The largest absolute Gasteiger partial charge is 0.465 e. The maximum Gasteiger partial charge on any atom is 0.246 e. The van der Waals surface area contributed by atoms with Gasteiger partial charge in [-0.2, -0.15) is 0 Å². The highest BCUT2D eigenvalue weighted by atomic mass is 16.3. The Morgan fingerprint density at radius 1 is 1.39 bits per heavy atom. The van der Waals surface area contributed by atoms with Crippen molar-refractivity contribution in [2.75, 3.05) is 13.1 Å². The van der Waals surface area contributed by atoms with Gasteiger partial charge >= 0.3 is 0 Å². The van der Waals surface area contributed by atoms with Gasteiger partial charge in [0.15, 0.2) is 0 Å². The lowest BCUT2D eigenvalue weighted by Gasteiger charge is -2.22. The lowest BCUT2D eigenvalue weighted by Crippen LogP contribution is -2.38. The Morgan fingerprint density at radius 3 is 3.11 bits per heavy atom. The number of likely N-dealkylation sites (tertiary alicyclic amines) is 1. The fourth-order valence-electron chi connectivity index (χ4n) is 2.79. The fraction of sp³-hybridized carbons (Fsp3) is 0.500. The van der Waals surface area contributed by atoms with E-state index in [9.17, 15) is 4.79 Å². The Balaban J connectivity index is 1.62. The van der Waals surface area contributed by atoms with Gasteiger partial charge in [0.2, 0.25) is 5.91 Å². The van der Waals surface area contributed by atoms with Gasteiger partial charge in [0.25, 0.3) is 0 Å². The molecule has 0 aliphatic carbocycles. The smallest absolute Gasteiger partial charge is 0.246 e. The van der Waals surface area contributed by atoms with Crippen LogP contribution in [0.2, 0.25) is 0 Å². The molecule has 2 aliphatic heterocycles. The number of furan rings is 1. The summed E-state index contributed by atoms with van der Waals surface area (Å²) in [6.07, 6.45) is 8.47. The molecular weight excluding hydrogens is 228 g/mol. The summed E-state index contributed by atoms with van der Waals surface area (Å²) in [5.41, 5.74) is 0. The van der Waals surface area contributed by atoms with Gasteiger partial charge in [0.05, 0.1) is 6.26 Å². The minimum Gasteiger partial charge on any atom is -0.465 e. The Bertz CT molecular complexity index is 439. The molecule has 3 rings (SSSR count). The molecule has 18 heavy (non-hydrogen) atoms. The SMILES string of the molecule is O=C(/C=C/c1ccco1)N1CCC2CCC(C1)N2. The number of nitrogens with one attached hydrogen (secondary N) is 1. The summed E-state index contributed by atoms with van der Waals surface area (Å²) in [5.74, 6) is 0.804. The van der Waals surface area contributed by atoms with Crippen LogP contribution in [0, 0.1) is 0 Å². The van der Waals surface area contributed by atoms with E-state index >= 15 is 0 Å². The Labute approximate surface area is 107 Å². The van der Waals surface area contributed by atoms with Crippen molar-refractivity contribution >= 4 is 12.0 Å². The summed E-state index contributed by atoms with van der Waals surface area (Å²) < 4.78 is 5.18. The predicted octanol–water partition coefficient (Wildman–Crippen LogP) is 1.65. The van der Waals surface area contributed by atoms with Gasteiger partial charge in [-0.3, -0.25) is 4.79 Å². The molecule has 0 aromatic carbocycles. The number of carbonyl (C=O) groups is 1. The average molecular weight is 246 g/mol. The molecule has 3 heterocycles. The fourth-order valence-corrected chi connectivity index (χ4v) is 2.79. The zero-order valence-corrected chi connectivity index (χ0v) is 10.3. The van der Waals surface area contributed by atoms with E-state index < -0.39 is 0 Å². The normalized spacial score (nSPS) is 27.7. The van der Waals surface area contributed by atoms with Gasteiger partial charge in [0, 0.05) is 31.2 Å². The molecule has 1 N–H and O–H groups in total. The van der Waals surface area contributed by atoms with Crippen molar-refractivity contribution in [2.45, 2.75) is 31.3 Å². The number of rotatable bonds is 2. The van der Waals surface area contributed by atoms with Crippen molar-refractivity contribution in [3.63, 3.8) is 0 Å². The van der Waals surface area contributed by atoms with Crippen LogP contribution in [0.4, 0.5) is 0 Å². The van der Waals surface area contributed by atoms with Crippen LogP contribution < -0.4 is 5.32 Å². The van der Waals surface area contributed by atoms with E-state index in [4.69, 9.17) is 4.42 Å². The summed E-state index contributed by atoms with van der Waals surface area (Å²) in [4.78, 5) is 14.0. The number of nitrogens with zero attached hydrogens (tertiary/aromatic N) is 1. The van der Waals surface area contributed by atoms with Crippen molar-refractivity contribution in [1.29, 1.82) is 0 Å². The molecule has 2 fully saturated rings. The standard InChI is InChI=1S/C14H18N2O2/c17-14(6-5-13-2-1-9-18-13)16-8-7-11-3-4-12(10-16)15-11/h1-2,5-6,9,11-12,15H,3-4,7-8,10H2/b6-5+. The highest BCUT2D eigenvalue weighted by Crippen LogP contribution is 2.20. The lowest BCUT2D eigenvalue weighted by atomic mass is 10.1. The minimum atomic E-state index is 0.0840. The molecule has 1 aromatic rings. The van der Waals surface area contributed by atoms with E-state index in [-0.39, 0.29) is 5.91 Å². The van der Waals surface area contributed by atoms with E-state index in [0.29, 0.717) is 12.1 Å². The van der Waals surface area contributed by atoms with E-state index in [1.807, 2.05) is 17.0 Å². The quantitative estimate of drug-likeness (QED) is 0.807. The molecular formula is C14H18N2O2. The van der Waals surface area contributed by atoms with E-state index in [0.717, 1.165) is 25.3 Å². The maximum atomic E-state index is 12.1. The van der Waals surface area contributed by atoms with Crippen LogP contribution in [0.15, 0.2) is 28.9 Å². The Kier molecular flexibility index (Phi) is 3.19. The van der Waals surface area contributed by atoms with Crippen molar-refractivity contribution in [2.24, 2.45) is 0 Å². The monoisotopic (exact) mass is 246 g/mol. The van der Waals surface area contributed by atoms with Gasteiger partial charge < -0.3 is 14.6 Å². The molecule has 96 valence electrons. The molecule has 0 spiro atoms. The molecule has 1 aromatic heterocycles. The van der Waals surface area contributed by atoms with E-state index in [1.54, 1.807) is 18.4 Å². The second-order valence-electron chi connectivity index (χ2n) is 5.06. The van der Waals surface area contributed by atoms with Gasteiger partial charge in [-0.05, 0) is 37.5 Å². The second-order valence-corrected chi connectivity index (χ2v) is 5.06. The summed E-state index contributed by atoms with van der Waals surface area (Å²) in [7, 11) is 0. The molecule has 4 nitrogen and oxygen atoms in total. The third-order valence-corrected chi connectivity index (χ3v) is 3.77. The Hall–Kier alpha value is -1.55. The third-order valence-electron chi connectivity index (χ3n) is 3.77. The minimum absolute atomic E-state index is 0.0840. The van der Waals surface area contributed by atoms with Crippen LogP contribution in [-0.4, -0.2) is 36.0 Å². The van der Waals surface area contributed by atoms with Crippen molar-refractivity contribution in [1.82, 2.24) is 10.2 Å². The molecule has 2 bridgehead atoms. The number of hydrogen-bond acceptors (Lipinski definition) is 3. The summed E-state index contributed by atoms with van der Waals surface area (Å²) >= 11 is 0. The first-order chi connectivity index (χ1) is 8.81. The van der Waals surface area contributed by atoms with Crippen LogP contribution in [-0.2, 0) is 4.79 Å². The van der Waals surface area contributed by atoms with Gasteiger partial charge in [-0.25, -0.2) is 0 Å². The van der Waals surface area contributed by atoms with Crippen LogP contribution >= 0.6 is 0 Å². The third kappa shape index (κ3) is 2.48. The highest BCUT2D eigenvalue weighted by molar-refractivity contribution is 5.91. The zero-order valence-electron chi connectivity index (χ0n) is 10.3. The van der Waals surface area contributed by atoms with Crippen molar-refractivity contribution in [3.05, 3.63) is 30.2 Å². The molecule has 2 aliphatic rings. The molecule has 4 heteroatoms. The van der Waals surface area contributed by atoms with Crippen molar-refractivity contribution in [3.8, 4) is 0 Å². The van der Waals surface area contributed by atoms with Crippen LogP contribution in [0.25, 0.3) is 6.08 Å². The van der Waals surface area contributed by atoms with Crippen molar-refractivity contribution < 1.29 is 9.21 Å². The Morgan fingerprint density at radius 2 is 2.28 bits per heavy atom. The van der Waals surface area contributed by atoms with Gasteiger partial charge in [-0.1, -0.05) is 0 Å². The second kappa shape index (κ2) is 4.98. The zero-order chi connectivity index (χ0) is 12.4. The molecule has 2 unspecified atom stereocenters. The predicted molar refractivity (Wildman–Crippen MR) is 68.9 cm³/mol. The molecule has 0 saturated carbocycles. The lowest BCUT2D eigenvalue weighted by molar-refractivity contribution is -0.126. The summed E-state index contributed by atoms with van der Waals surface area (Å²) in [6, 6.07) is 4.76. The van der Waals surface area contributed by atoms with Gasteiger partial charge in [-0.15, -0.1) is 0 Å². The maximum absolute atomic E-state index is 12.1. The van der Waals surface area contributed by atoms with E-state index in [2.05, 4.69) is 5.32 Å². The van der Waals surface area contributed by atoms with Gasteiger partial charge in [0.1, 0.15) is 5.76 Å². The number of fused-ring (bicyclic) bond motifs is 2. The highest BCUT2D eigenvalue weighted by Gasteiger charge is 2.30. The topological polar surface area (TPSA) is 45.5 Å². The first kappa shape index (κ1) is 11.5. The van der Waals surface area contributed by atoms with Crippen LogP contribution in [0.3, 0.4) is 0 Å². The molecule has 2 saturated heterocycles. The average Bonchev–Trinajstić information content (AvgIpc) is 2.96. The van der Waals surface area contributed by atoms with Crippen LogP contribution in [0.5, 0.6) is 0 Å². The summed E-state index contributed by atoms with van der Waals surface area (Å²) in [5, 5.41) is 3.57. The number of amides is 1. The molecule has 0 radical (unpaired) electrons. The summed E-state index contributed by atoms with van der Waals surface area (Å²) in [6.45, 7) is 1.69. The molecule has 1 amide bonds. The first-order valence-electron chi connectivity index (χ1n) is 6.58. The number of carbonyl (C=O) groups excluding carboxylic acids is 1. The first-order valence-corrected chi connectivity index (χ1v) is 6.58.